The molecular weight excluding hydrogens is 270 g/mol. The van der Waals surface area contributed by atoms with Crippen LogP contribution in [0.25, 0.3) is 0 Å². The molecule has 0 atom stereocenters. The fraction of sp³-hybridized carbons (Fsp3) is 0.0833. The molecule has 2 rings (SSSR count). The lowest BCUT2D eigenvalue weighted by atomic mass is 10.3. The van der Waals surface area contributed by atoms with Gasteiger partial charge in [0.1, 0.15) is 11.8 Å². The minimum atomic E-state index is -0.513. The minimum absolute atomic E-state index is 0.0692. The summed E-state index contributed by atoms with van der Waals surface area (Å²) in [6, 6.07) is 9.27. The van der Waals surface area contributed by atoms with E-state index in [0.29, 0.717) is 18.0 Å². The second-order valence-corrected chi connectivity index (χ2v) is 4.06. The van der Waals surface area contributed by atoms with Crippen molar-refractivity contribution in [1.29, 1.82) is 5.26 Å². The minimum Gasteiger partial charge on any atom is -0.449 e. The van der Waals surface area contributed by atoms with E-state index in [1.807, 2.05) is 6.07 Å². The highest BCUT2D eigenvalue weighted by atomic mass is 35.5. The lowest BCUT2D eigenvalue weighted by molar-refractivity contribution is -0.384. The van der Waals surface area contributed by atoms with E-state index >= 15 is 0 Å². The zero-order chi connectivity index (χ0) is 13.8. The Morgan fingerprint density at radius 2 is 2.21 bits per heavy atom. The molecule has 1 N–H and O–H groups in total. The van der Waals surface area contributed by atoms with Crippen LogP contribution in [-0.2, 0) is 6.54 Å². The number of anilines is 1. The van der Waals surface area contributed by atoms with Gasteiger partial charge in [-0.2, -0.15) is 5.26 Å². The number of nitrogens with one attached hydrogen (secondary N) is 1. The number of benzene rings is 1. The van der Waals surface area contributed by atoms with Crippen LogP contribution in [0.3, 0.4) is 0 Å². The Morgan fingerprint density at radius 3 is 2.79 bits per heavy atom. The van der Waals surface area contributed by atoms with Gasteiger partial charge in [0, 0.05) is 12.1 Å². The summed E-state index contributed by atoms with van der Waals surface area (Å²) in [5, 5.41) is 22.4. The van der Waals surface area contributed by atoms with E-state index in [-0.39, 0.29) is 16.5 Å². The van der Waals surface area contributed by atoms with Crippen LogP contribution in [0, 0.1) is 21.4 Å². The van der Waals surface area contributed by atoms with Gasteiger partial charge < -0.3 is 9.73 Å². The number of nitro groups is 1. The first kappa shape index (κ1) is 12.9. The number of nitro benzene ring substituents is 1. The number of non-ortho nitro benzene ring substituents is 1. The molecule has 0 bridgehead atoms. The Balaban J connectivity index is 2.07. The quantitative estimate of drug-likeness (QED) is 0.683. The predicted octanol–water partition coefficient (Wildman–Crippen LogP) is 3.32. The number of halogens is 1. The van der Waals surface area contributed by atoms with Gasteiger partial charge in [-0.3, -0.25) is 10.1 Å². The monoisotopic (exact) mass is 277 g/mol. The smallest absolute Gasteiger partial charge is 0.271 e. The van der Waals surface area contributed by atoms with E-state index < -0.39 is 4.92 Å². The van der Waals surface area contributed by atoms with Gasteiger partial charge in [-0.1, -0.05) is 11.6 Å². The molecule has 0 amide bonds. The number of rotatable bonds is 4. The summed E-state index contributed by atoms with van der Waals surface area (Å²) >= 11 is 5.92. The van der Waals surface area contributed by atoms with Crippen molar-refractivity contribution in [2.24, 2.45) is 0 Å². The maximum Gasteiger partial charge on any atom is 0.271 e. The van der Waals surface area contributed by atoms with Gasteiger partial charge in [0.25, 0.3) is 5.69 Å². The van der Waals surface area contributed by atoms with Crippen molar-refractivity contribution in [3.8, 4) is 6.07 Å². The summed E-state index contributed by atoms with van der Waals surface area (Å²) in [5.41, 5.74) is 0.488. The van der Waals surface area contributed by atoms with Crippen molar-refractivity contribution in [2.75, 3.05) is 5.32 Å². The van der Waals surface area contributed by atoms with Crippen LogP contribution in [0.5, 0.6) is 0 Å². The van der Waals surface area contributed by atoms with E-state index in [1.165, 1.54) is 18.2 Å². The Hall–Kier alpha value is -2.52. The Bertz CT molecular complexity index is 660. The highest BCUT2D eigenvalue weighted by Crippen LogP contribution is 2.27. The molecule has 0 aliphatic rings. The number of hydrogen-bond acceptors (Lipinski definition) is 5. The van der Waals surface area contributed by atoms with Crippen LogP contribution in [0.2, 0.25) is 5.02 Å². The van der Waals surface area contributed by atoms with E-state index in [4.69, 9.17) is 21.3 Å². The summed E-state index contributed by atoms with van der Waals surface area (Å²) < 4.78 is 5.18. The number of nitriles is 1. The average molecular weight is 278 g/mol. The van der Waals surface area contributed by atoms with Crippen LogP contribution < -0.4 is 5.32 Å². The third-order valence-electron chi connectivity index (χ3n) is 2.39. The van der Waals surface area contributed by atoms with Gasteiger partial charge in [-0.05, 0) is 18.2 Å². The first-order valence-corrected chi connectivity index (χ1v) is 5.64. The van der Waals surface area contributed by atoms with Crippen molar-refractivity contribution < 1.29 is 9.34 Å². The number of hydrogen-bond donors (Lipinski definition) is 1. The molecule has 1 aromatic carbocycles. The van der Waals surface area contributed by atoms with E-state index in [0.717, 1.165) is 0 Å². The fourth-order valence-electron chi connectivity index (χ4n) is 1.48. The summed E-state index contributed by atoms with van der Waals surface area (Å²) in [7, 11) is 0. The molecule has 2 aromatic rings. The van der Waals surface area contributed by atoms with Crippen molar-refractivity contribution in [2.45, 2.75) is 6.54 Å². The zero-order valence-electron chi connectivity index (χ0n) is 9.59. The lowest BCUT2D eigenvalue weighted by Gasteiger charge is -2.06. The summed E-state index contributed by atoms with van der Waals surface area (Å²) in [4.78, 5) is 10.0. The molecule has 0 unspecified atom stereocenters. The van der Waals surface area contributed by atoms with Gasteiger partial charge >= 0.3 is 0 Å². The van der Waals surface area contributed by atoms with E-state index in [2.05, 4.69) is 5.32 Å². The van der Waals surface area contributed by atoms with Gasteiger partial charge in [-0.15, -0.1) is 0 Å². The van der Waals surface area contributed by atoms with Crippen LogP contribution in [-0.4, -0.2) is 4.92 Å². The molecule has 7 heteroatoms. The fourth-order valence-corrected chi connectivity index (χ4v) is 1.72. The lowest BCUT2D eigenvalue weighted by Crippen LogP contribution is -1.99. The van der Waals surface area contributed by atoms with Crippen LogP contribution >= 0.6 is 11.6 Å². The maximum absolute atomic E-state index is 10.6. The van der Waals surface area contributed by atoms with E-state index in [9.17, 15) is 10.1 Å². The average Bonchev–Trinajstić information content (AvgIpc) is 2.85. The Kier molecular flexibility index (Phi) is 3.68. The van der Waals surface area contributed by atoms with Gasteiger partial charge in [0.05, 0.1) is 22.2 Å². The molecule has 0 spiro atoms. The second-order valence-electron chi connectivity index (χ2n) is 3.65. The molecule has 1 heterocycles. The topological polar surface area (TPSA) is 92.1 Å². The van der Waals surface area contributed by atoms with Crippen molar-refractivity contribution in [1.82, 2.24) is 0 Å². The second kappa shape index (κ2) is 5.42. The molecule has 0 saturated heterocycles. The molecule has 19 heavy (non-hydrogen) atoms. The Morgan fingerprint density at radius 1 is 1.42 bits per heavy atom. The highest BCUT2D eigenvalue weighted by molar-refractivity contribution is 6.33. The van der Waals surface area contributed by atoms with Crippen molar-refractivity contribution >= 4 is 23.0 Å². The SMILES string of the molecule is N#Cc1ccc(CNc2ccc([N+](=O)[O-])cc2Cl)o1. The first-order valence-electron chi connectivity index (χ1n) is 5.27. The van der Waals surface area contributed by atoms with Crippen LogP contribution in [0.15, 0.2) is 34.7 Å². The number of nitrogens with zero attached hydrogens (tertiary/aromatic N) is 2. The third kappa shape index (κ3) is 3.03. The molecule has 96 valence electrons. The van der Waals surface area contributed by atoms with Crippen LogP contribution in [0.1, 0.15) is 11.5 Å². The van der Waals surface area contributed by atoms with Gasteiger partial charge in [-0.25, -0.2) is 0 Å². The molecule has 6 nitrogen and oxygen atoms in total. The van der Waals surface area contributed by atoms with Crippen molar-refractivity contribution in [3.63, 3.8) is 0 Å². The van der Waals surface area contributed by atoms with Gasteiger partial charge in [0.15, 0.2) is 0 Å². The maximum atomic E-state index is 10.6. The molecule has 0 fully saturated rings. The molecule has 0 aliphatic heterocycles. The summed E-state index contributed by atoms with van der Waals surface area (Å²) in [5.74, 6) is 0.803. The van der Waals surface area contributed by atoms with Gasteiger partial charge in [0.2, 0.25) is 5.76 Å². The largest absolute Gasteiger partial charge is 0.449 e. The molecule has 0 saturated carbocycles. The zero-order valence-corrected chi connectivity index (χ0v) is 10.3. The number of furan rings is 1. The normalized spacial score (nSPS) is 9.89. The summed E-state index contributed by atoms with van der Waals surface area (Å²) in [6.07, 6.45) is 0. The molecule has 0 radical (unpaired) electrons. The van der Waals surface area contributed by atoms with Crippen LogP contribution in [0.4, 0.5) is 11.4 Å². The standard InChI is InChI=1S/C12H8ClN3O3/c13-11-5-8(16(17)18)1-4-12(11)15-7-10-3-2-9(6-14)19-10/h1-5,15H,7H2. The summed E-state index contributed by atoms with van der Waals surface area (Å²) in [6.45, 7) is 0.333. The van der Waals surface area contributed by atoms with E-state index in [1.54, 1.807) is 12.1 Å². The first-order chi connectivity index (χ1) is 9.10. The van der Waals surface area contributed by atoms with Crippen molar-refractivity contribution in [3.05, 3.63) is 57.0 Å². The molecule has 0 aliphatic carbocycles. The predicted molar refractivity (Wildman–Crippen MR) is 68.9 cm³/mol. The molecular formula is C12H8ClN3O3. The molecule has 1 aromatic heterocycles. The Labute approximate surface area is 113 Å². The third-order valence-corrected chi connectivity index (χ3v) is 2.70. The highest BCUT2D eigenvalue weighted by Gasteiger charge is 2.09.